The van der Waals surface area contributed by atoms with Gasteiger partial charge in [-0.1, -0.05) is 29.8 Å². The summed E-state index contributed by atoms with van der Waals surface area (Å²) in [5.74, 6) is 0.646. The van der Waals surface area contributed by atoms with Crippen molar-refractivity contribution in [2.45, 2.75) is 26.4 Å². The van der Waals surface area contributed by atoms with Crippen LogP contribution in [0.1, 0.15) is 29.9 Å². The molecule has 6 nitrogen and oxygen atoms in total. The molecule has 0 fully saturated rings. The molecule has 1 aromatic carbocycles. The molecule has 0 amide bonds. The zero-order chi connectivity index (χ0) is 16.6. The Bertz CT molecular complexity index is 878. The van der Waals surface area contributed by atoms with Gasteiger partial charge in [-0.15, -0.1) is 0 Å². The molecule has 0 unspecified atom stereocenters. The van der Waals surface area contributed by atoms with E-state index in [1.54, 1.807) is 17.9 Å². The Labute approximate surface area is 134 Å². The highest BCUT2D eigenvalue weighted by molar-refractivity contribution is 5.72. The predicted octanol–water partition coefficient (Wildman–Crippen LogP) is 2.16. The summed E-state index contributed by atoms with van der Waals surface area (Å²) in [4.78, 5) is 21.6. The summed E-state index contributed by atoms with van der Waals surface area (Å²) in [5, 5.41) is 4.61. The number of hydrogen-bond donors (Lipinski definition) is 1. The maximum atomic E-state index is 12.1. The first-order valence-electron chi connectivity index (χ1n) is 7.63. The number of benzene rings is 1. The fourth-order valence-electron chi connectivity index (χ4n) is 2.63. The van der Waals surface area contributed by atoms with Crippen LogP contribution < -0.4 is 5.56 Å². The highest BCUT2D eigenvalue weighted by Crippen LogP contribution is 2.20. The standard InChI is InChI=1S/C17H21N5O/c1-11-5-7-13(8-6-11)12(2)21(3)10-15-19-16-14(17(23)20-15)9-18-22(16)4/h5-9,12H,10H2,1-4H3,(H,19,20,23)/t12-/m1/s1. The van der Waals surface area contributed by atoms with E-state index in [0.29, 0.717) is 23.4 Å². The minimum atomic E-state index is -0.144. The Kier molecular flexibility index (Phi) is 4.00. The lowest BCUT2D eigenvalue weighted by atomic mass is 10.1. The largest absolute Gasteiger partial charge is 0.309 e. The molecule has 0 aliphatic rings. The molecule has 1 atom stereocenters. The highest BCUT2D eigenvalue weighted by Gasteiger charge is 2.14. The fourth-order valence-corrected chi connectivity index (χ4v) is 2.63. The summed E-state index contributed by atoms with van der Waals surface area (Å²) in [5.41, 5.74) is 2.95. The summed E-state index contributed by atoms with van der Waals surface area (Å²) in [6, 6.07) is 8.72. The Morgan fingerprint density at radius 3 is 2.70 bits per heavy atom. The van der Waals surface area contributed by atoms with Gasteiger partial charge in [-0.2, -0.15) is 5.10 Å². The average molecular weight is 311 g/mol. The lowest BCUT2D eigenvalue weighted by molar-refractivity contribution is 0.247. The van der Waals surface area contributed by atoms with Crippen LogP contribution in [0.5, 0.6) is 0 Å². The number of rotatable bonds is 4. The van der Waals surface area contributed by atoms with Crippen molar-refractivity contribution >= 4 is 11.0 Å². The van der Waals surface area contributed by atoms with Crippen molar-refractivity contribution < 1.29 is 0 Å². The van der Waals surface area contributed by atoms with Crippen LogP contribution in [0.25, 0.3) is 11.0 Å². The normalized spacial score (nSPS) is 12.9. The molecule has 3 rings (SSSR count). The third kappa shape index (κ3) is 3.03. The van der Waals surface area contributed by atoms with Crippen molar-refractivity contribution in [1.29, 1.82) is 0 Å². The number of aromatic nitrogens is 4. The van der Waals surface area contributed by atoms with Gasteiger partial charge in [0.05, 0.1) is 12.7 Å². The van der Waals surface area contributed by atoms with Gasteiger partial charge < -0.3 is 4.98 Å². The van der Waals surface area contributed by atoms with Crippen LogP contribution in [0.4, 0.5) is 0 Å². The van der Waals surface area contributed by atoms with E-state index in [2.05, 4.69) is 58.1 Å². The Morgan fingerprint density at radius 2 is 2.00 bits per heavy atom. The first kappa shape index (κ1) is 15.4. The molecular formula is C17H21N5O. The molecule has 3 aromatic rings. The molecule has 2 heterocycles. The minimum Gasteiger partial charge on any atom is -0.309 e. The molecule has 1 N–H and O–H groups in total. The van der Waals surface area contributed by atoms with Crippen LogP contribution in [-0.4, -0.2) is 31.7 Å². The molecule has 0 saturated heterocycles. The smallest absolute Gasteiger partial charge is 0.262 e. The third-order valence-electron chi connectivity index (χ3n) is 4.27. The molecular weight excluding hydrogens is 290 g/mol. The molecule has 0 bridgehead atoms. The van der Waals surface area contributed by atoms with Gasteiger partial charge in [0.1, 0.15) is 11.2 Å². The molecule has 0 aliphatic heterocycles. The number of nitrogens with zero attached hydrogens (tertiary/aromatic N) is 4. The van der Waals surface area contributed by atoms with Gasteiger partial charge in [0.15, 0.2) is 5.65 Å². The Morgan fingerprint density at radius 1 is 1.30 bits per heavy atom. The van der Waals surface area contributed by atoms with Gasteiger partial charge in [-0.25, -0.2) is 4.98 Å². The first-order chi connectivity index (χ1) is 11.0. The topological polar surface area (TPSA) is 66.8 Å². The van der Waals surface area contributed by atoms with Gasteiger partial charge in [-0.3, -0.25) is 14.4 Å². The molecule has 0 saturated carbocycles. The fraction of sp³-hybridized carbons (Fsp3) is 0.353. The van der Waals surface area contributed by atoms with Crippen molar-refractivity contribution in [3.63, 3.8) is 0 Å². The van der Waals surface area contributed by atoms with Crippen LogP contribution in [0.3, 0.4) is 0 Å². The van der Waals surface area contributed by atoms with E-state index in [4.69, 9.17) is 0 Å². The molecule has 120 valence electrons. The molecule has 2 aromatic heterocycles. The zero-order valence-corrected chi connectivity index (χ0v) is 13.9. The number of aromatic amines is 1. The van der Waals surface area contributed by atoms with Crippen LogP contribution in [0, 0.1) is 6.92 Å². The van der Waals surface area contributed by atoms with Crippen molar-refractivity contribution in [2.75, 3.05) is 7.05 Å². The number of nitrogens with one attached hydrogen (secondary N) is 1. The second-order valence-corrected chi connectivity index (χ2v) is 6.02. The van der Waals surface area contributed by atoms with Gasteiger partial charge in [0.25, 0.3) is 5.56 Å². The van der Waals surface area contributed by atoms with Crippen molar-refractivity contribution in [2.24, 2.45) is 7.05 Å². The summed E-state index contributed by atoms with van der Waals surface area (Å²) in [6.07, 6.45) is 1.55. The number of aryl methyl sites for hydroxylation is 2. The van der Waals surface area contributed by atoms with E-state index < -0.39 is 0 Å². The molecule has 0 aliphatic carbocycles. The predicted molar refractivity (Wildman–Crippen MR) is 90.2 cm³/mol. The van der Waals surface area contributed by atoms with Crippen LogP contribution >= 0.6 is 0 Å². The van der Waals surface area contributed by atoms with Gasteiger partial charge in [0, 0.05) is 13.1 Å². The quantitative estimate of drug-likeness (QED) is 0.802. The summed E-state index contributed by atoms with van der Waals surface area (Å²) >= 11 is 0. The lowest BCUT2D eigenvalue weighted by Crippen LogP contribution is -2.25. The Balaban J connectivity index is 1.84. The van der Waals surface area contributed by atoms with E-state index in [1.807, 2.05) is 7.05 Å². The van der Waals surface area contributed by atoms with Crippen LogP contribution in [-0.2, 0) is 13.6 Å². The summed E-state index contributed by atoms with van der Waals surface area (Å²) < 4.78 is 1.62. The summed E-state index contributed by atoms with van der Waals surface area (Å²) in [7, 11) is 3.81. The second-order valence-electron chi connectivity index (χ2n) is 6.02. The number of hydrogen-bond acceptors (Lipinski definition) is 4. The van der Waals surface area contributed by atoms with Gasteiger partial charge >= 0.3 is 0 Å². The van der Waals surface area contributed by atoms with E-state index in [1.165, 1.54) is 11.1 Å². The monoisotopic (exact) mass is 311 g/mol. The lowest BCUT2D eigenvalue weighted by Gasteiger charge is -2.24. The first-order valence-corrected chi connectivity index (χ1v) is 7.63. The van der Waals surface area contributed by atoms with E-state index in [-0.39, 0.29) is 11.6 Å². The van der Waals surface area contributed by atoms with Crippen molar-refractivity contribution in [1.82, 2.24) is 24.6 Å². The summed E-state index contributed by atoms with van der Waals surface area (Å²) in [6.45, 7) is 4.78. The van der Waals surface area contributed by atoms with E-state index >= 15 is 0 Å². The van der Waals surface area contributed by atoms with E-state index in [0.717, 1.165) is 0 Å². The molecule has 0 radical (unpaired) electrons. The van der Waals surface area contributed by atoms with Crippen LogP contribution in [0.2, 0.25) is 0 Å². The van der Waals surface area contributed by atoms with E-state index in [9.17, 15) is 4.79 Å². The molecule has 23 heavy (non-hydrogen) atoms. The maximum Gasteiger partial charge on any atom is 0.262 e. The van der Waals surface area contributed by atoms with Crippen molar-refractivity contribution in [3.8, 4) is 0 Å². The average Bonchev–Trinajstić information content (AvgIpc) is 2.89. The highest BCUT2D eigenvalue weighted by atomic mass is 16.1. The Hall–Kier alpha value is -2.47. The molecule has 6 heteroatoms. The van der Waals surface area contributed by atoms with Gasteiger partial charge in [0.2, 0.25) is 0 Å². The third-order valence-corrected chi connectivity index (χ3v) is 4.27. The zero-order valence-electron chi connectivity index (χ0n) is 13.9. The van der Waals surface area contributed by atoms with Gasteiger partial charge in [-0.05, 0) is 26.5 Å². The number of H-pyrrole nitrogens is 1. The SMILES string of the molecule is Cc1ccc([C@@H](C)N(C)Cc2nc3c(cnn3C)c(=O)[nH]2)cc1. The second kappa shape index (κ2) is 5.96. The number of fused-ring (bicyclic) bond motifs is 1. The van der Waals surface area contributed by atoms with Crippen LogP contribution in [0.15, 0.2) is 35.3 Å². The molecule has 0 spiro atoms. The maximum absolute atomic E-state index is 12.1. The van der Waals surface area contributed by atoms with Crippen molar-refractivity contribution in [3.05, 3.63) is 57.8 Å². The minimum absolute atomic E-state index is 0.144.